The van der Waals surface area contributed by atoms with E-state index in [1.54, 1.807) is 18.2 Å². The quantitative estimate of drug-likeness (QED) is 0.301. The van der Waals surface area contributed by atoms with Gasteiger partial charge in [-0.1, -0.05) is 35.9 Å². The van der Waals surface area contributed by atoms with Gasteiger partial charge in [0.1, 0.15) is 6.61 Å². The molecule has 164 valence electrons. The minimum absolute atomic E-state index is 0.145. The summed E-state index contributed by atoms with van der Waals surface area (Å²) in [6.07, 6.45) is 1.46. The van der Waals surface area contributed by atoms with Crippen LogP contribution in [0, 0.1) is 17.0 Å². The molecule has 0 bridgehead atoms. The molecule has 8 heteroatoms. The molecule has 0 unspecified atom stereocenters. The van der Waals surface area contributed by atoms with Crippen molar-refractivity contribution in [1.29, 1.82) is 0 Å². The molecule has 1 amide bonds. The number of hydrazone groups is 1. The summed E-state index contributed by atoms with van der Waals surface area (Å²) in [5.41, 5.74) is 5.27. The van der Waals surface area contributed by atoms with Crippen LogP contribution in [0.3, 0.4) is 0 Å². The molecule has 0 radical (unpaired) electrons. The van der Waals surface area contributed by atoms with Gasteiger partial charge in [0.25, 0.3) is 11.6 Å². The molecule has 1 N–H and O–H groups in total. The van der Waals surface area contributed by atoms with Gasteiger partial charge in [-0.2, -0.15) is 5.10 Å². The molecule has 8 nitrogen and oxygen atoms in total. The zero-order valence-corrected chi connectivity index (χ0v) is 17.8. The summed E-state index contributed by atoms with van der Waals surface area (Å²) in [5, 5.41) is 14.8. The molecule has 0 fully saturated rings. The zero-order valence-electron chi connectivity index (χ0n) is 17.8. The van der Waals surface area contributed by atoms with Crippen LogP contribution in [0.15, 0.2) is 71.8 Å². The van der Waals surface area contributed by atoms with E-state index in [9.17, 15) is 14.9 Å². The van der Waals surface area contributed by atoms with Gasteiger partial charge in [-0.3, -0.25) is 14.9 Å². The molecule has 3 aromatic rings. The van der Waals surface area contributed by atoms with E-state index < -0.39 is 10.8 Å². The van der Waals surface area contributed by atoms with Crippen molar-refractivity contribution in [2.75, 3.05) is 6.61 Å². The van der Waals surface area contributed by atoms with E-state index in [-0.39, 0.29) is 11.3 Å². The van der Waals surface area contributed by atoms with Gasteiger partial charge in [0.15, 0.2) is 11.5 Å². The molecule has 0 heterocycles. The average Bonchev–Trinajstić information content (AvgIpc) is 2.80. The van der Waals surface area contributed by atoms with Crippen molar-refractivity contribution >= 4 is 17.8 Å². The predicted octanol–water partition coefficient (Wildman–Crippen LogP) is 4.64. The Morgan fingerprint density at radius 3 is 2.56 bits per heavy atom. The maximum absolute atomic E-state index is 12.2. The van der Waals surface area contributed by atoms with Crippen molar-refractivity contribution in [3.05, 3.63) is 99.1 Å². The van der Waals surface area contributed by atoms with Crippen molar-refractivity contribution in [2.45, 2.75) is 20.5 Å². The summed E-state index contributed by atoms with van der Waals surface area (Å²) in [4.78, 5) is 22.5. The van der Waals surface area contributed by atoms with Crippen LogP contribution in [0.5, 0.6) is 11.5 Å². The number of nitrogens with one attached hydrogen (secondary N) is 1. The molecule has 0 spiro atoms. The lowest BCUT2D eigenvalue weighted by atomic mass is 10.2. The molecular weight excluding hydrogens is 410 g/mol. The third kappa shape index (κ3) is 6.15. The zero-order chi connectivity index (χ0) is 22.9. The fourth-order valence-corrected chi connectivity index (χ4v) is 2.83. The second-order valence-electron chi connectivity index (χ2n) is 6.92. The highest BCUT2D eigenvalue weighted by Crippen LogP contribution is 2.29. The Balaban J connectivity index is 1.65. The Kier molecular flexibility index (Phi) is 7.53. The topological polar surface area (TPSA) is 103 Å². The van der Waals surface area contributed by atoms with Gasteiger partial charge in [0, 0.05) is 17.7 Å². The summed E-state index contributed by atoms with van der Waals surface area (Å²) in [6, 6.07) is 18.9. The molecule has 0 atom stereocenters. The monoisotopic (exact) mass is 433 g/mol. The third-order valence-electron chi connectivity index (χ3n) is 4.48. The standard InChI is InChI=1S/C24H23N3O5/c1-3-31-23-13-19(11-12-22(23)32-16-18-9-7-17(2)8-10-18)15-25-26-24(28)20-5-4-6-21(14-20)27(29)30/h4-15H,3,16H2,1-2H3,(H,26,28)/b25-15+. The Bertz CT molecular complexity index is 1130. The van der Waals surface area contributed by atoms with Crippen LogP contribution in [0.2, 0.25) is 0 Å². The first kappa shape index (κ1) is 22.5. The van der Waals surface area contributed by atoms with Crippen LogP contribution in [-0.2, 0) is 6.61 Å². The second-order valence-corrected chi connectivity index (χ2v) is 6.92. The molecule has 32 heavy (non-hydrogen) atoms. The number of carbonyl (C=O) groups excluding carboxylic acids is 1. The van der Waals surface area contributed by atoms with Gasteiger partial charge in [-0.15, -0.1) is 0 Å². The molecule has 3 aromatic carbocycles. The lowest BCUT2D eigenvalue weighted by Gasteiger charge is -2.12. The number of non-ortho nitro benzene ring substituents is 1. The van der Waals surface area contributed by atoms with E-state index in [0.29, 0.717) is 30.3 Å². The maximum atomic E-state index is 12.2. The number of amides is 1. The minimum atomic E-state index is -0.558. The second kappa shape index (κ2) is 10.7. The lowest BCUT2D eigenvalue weighted by molar-refractivity contribution is -0.384. The third-order valence-corrected chi connectivity index (χ3v) is 4.48. The van der Waals surface area contributed by atoms with Crippen molar-refractivity contribution in [3.63, 3.8) is 0 Å². The molecule has 0 aliphatic carbocycles. The van der Waals surface area contributed by atoms with E-state index in [2.05, 4.69) is 10.5 Å². The van der Waals surface area contributed by atoms with E-state index in [4.69, 9.17) is 9.47 Å². The van der Waals surface area contributed by atoms with Crippen LogP contribution in [0.25, 0.3) is 0 Å². The number of ether oxygens (including phenoxy) is 2. The first-order chi connectivity index (χ1) is 15.5. The molecular formula is C24H23N3O5. The van der Waals surface area contributed by atoms with Gasteiger partial charge < -0.3 is 9.47 Å². The number of nitro benzene ring substituents is 1. The smallest absolute Gasteiger partial charge is 0.271 e. The number of benzene rings is 3. The Hall–Kier alpha value is -4.20. The minimum Gasteiger partial charge on any atom is -0.490 e. The summed E-state index contributed by atoms with van der Waals surface area (Å²) in [7, 11) is 0. The summed E-state index contributed by atoms with van der Waals surface area (Å²) in [6.45, 7) is 4.78. The van der Waals surface area contributed by atoms with Crippen molar-refractivity contribution in [1.82, 2.24) is 5.43 Å². The Morgan fingerprint density at radius 1 is 1.06 bits per heavy atom. The molecule has 3 rings (SSSR count). The van der Waals surface area contributed by atoms with Crippen molar-refractivity contribution < 1.29 is 19.2 Å². The predicted molar refractivity (Wildman–Crippen MR) is 121 cm³/mol. The molecule has 0 aromatic heterocycles. The SMILES string of the molecule is CCOc1cc(/C=N/NC(=O)c2cccc([N+](=O)[O-])c2)ccc1OCc1ccc(C)cc1. The lowest BCUT2D eigenvalue weighted by Crippen LogP contribution is -2.17. The highest BCUT2D eigenvalue weighted by molar-refractivity contribution is 5.95. The average molecular weight is 433 g/mol. The first-order valence-corrected chi connectivity index (χ1v) is 9.99. The van der Waals surface area contributed by atoms with Crippen LogP contribution in [0.4, 0.5) is 5.69 Å². The largest absolute Gasteiger partial charge is 0.490 e. The maximum Gasteiger partial charge on any atom is 0.271 e. The van der Waals surface area contributed by atoms with Gasteiger partial charge in [0.2, 0.25) is 0 Å². The number of rotatable bonds is 9. The van der Waals surface area contributed by atoms with Gasteiger partial charge in [-0.05, 0) is 49.2 Å². The van der Waals surface area contributed by atoms with Crippen LogP contribution in [0.1, 0.15) is 34.0 Å². The Morgan fingerprint density at radius 2 is 1.84 bits per heavy atom. The summed E-state index contributed by atoms with van der Waals surface area (Å²) >= 11 is 0. The Labute approximate surface area is 185 Å². The molecule has 0 saturated heterocycles. The molecule has 0 aliphatic heterocycles. The summed E-state index contributed by atoms with van der Waals surface area (Å²) in [5.74, 6) is 0.617. The normalized spacial score (nSPS) is 10.7. The fraction of sp³-hybridized carbons (Fsp3) is 0.167. The van der Waals surface area contributed by atoms with Crippen molar-refractivity contribution in [2.24, 2.45) is 5.10 Å². The van der Waals surface area contributed by atoms with Crippen molar-refractivity contribution in [3.8, 4) is 11.5 Å². The highest BCUT2D eigenvalue weighted by Gasteiger charge is 2.11. The number of hydrogen-bond acceptors (Lipinski definition) is 6. The van der Waals surface area contributed by atoms with Crippen LogP contribution in [-0.4, -0.2) is 23.7 Å². The first-order valence-electron chi connectivity index (χ1n) is 9.99. The highest BCUT2D eigenvalue weighted by atomic mass is 16.6. The van der Waals surface area contributed by atoms with E-state index >= 15 is 0 Å². The number of aryl methyl sites for hydroxylation is 1. The number of hydrogen-bond donors (Lipinski definition) is 1. The number of nitrogens with zero attached hydrogens (tertiary/aromatic N) is 2. The summed E-state index contributed by atoms with van der Waals surface area (Å²) < 4.78 is 11.6. The van der Waals surface area contributed by atoms with Crippen LogP contribution < -0.4 is 14.9 Å². The number of carbonyl (C=O) groups is 1. The van der Waals surface area contributed by atoms with Gasteiger partial charge in [-0.25, -0.2) is 5.43 Å². The van der Waals surface area contributed by atoms with Gasteiger partial charge >= 0.3 is 0 Å². The molecule has 0 aliphatic rings. The van der Waals surface area contributed by atoms with E-state index in [1.807, 2.05) is 38.1 Å². The van der Waals surface area contributed by atoms with Gasteiger partial charge in [0.05, 0.1) is 17.7 Å². The number of nitro groups is 1. The van der Waals surface area contributed by atoms with E-state index in [1.165, 1.54) is 36.0 Å². The van der Waals surface area contributed by atoms with Crippen LogP contribution >= 0.6 is 0 Å². The fourth-order valence-electron chi connectivity index (χ4n) is 2.83. The van der Waals surface area contributed by atoms with E-state index in [0.717, 1.165) is 5.56 Å². The molecule has 0 saturated carbocycles.